The minimum absolute atomic E-state index is 0.0412. The summed E-state index contributed by atoms with van der Waals surface area (Å²) in [5.74, 6) is 1.21. The van der Waals surface area contributed by atoms with Crippen LogP contribution in [0.4, 0.5) is 0 Å². The third-order valence-corrected chi connectivity index (χ3v) is 5.82. The number of nitrogens with zero attached hydrogens (tertiary/aromatic N) is 2. The lowest BCUT2D eigenvalue weighted by Gasteiger charge is -2.18. The summed E-state index contributed by atoms with van der Waals surface area (Å²) in [7, 11) is 0. The van der Waals surface area contributed by atoms with Gasteiger partial charge in [-0.2, -0.15) is 0 Å². The third-order valence-electron chi connectivity index (χ3n) is 4.86. The Morgan fingerprint density at radius 1 is 0.929 bits per heavy atom. The highest BCUT2D eigenvalue weighted by Crippen LogP contribution is 2.25. The fraction of sp³-hybridized carbons (Fsp3) is 0.217. The molecule has 0 aliphatic heterocycles. The number of nitrogens with two attached hydrogens (primary N) is 1. The molecule has 2 heterocycles. The van der Waals surface area contributed by atoms with Crippen LogP contribution < -0.4 is 5.32 Å². The van der Waals surface area contributed by atoms with Gasteiger partial charge in [0.2, 0.25) is 5.89 Å². The van der Waals surface area contributed by atoms with Crippen LogP contribution in [0, 0.1) is 13.8 Å². The van der Waals surface area contributed by atoms with Gasteiger partial charge in [0.1, 0.15) is 6.04 Å². The number of hydrogen-bond acceptors (Lipinski definition) is 4. The number of thiophene rings is 1. The number of aryl methyl sites for hydroxylation is 2. The summed E-state index contributed by atoms with van der Waals surface area (Å²) >= 11 is 1.77. The van der Waals surface area contributed by atoms with Crippen molar-refractivity contribution in [1.82, 2.24) is 10.2 Å². The van der Waals surface area contributed by atoms with E-state index in [1.54, 1.807) is 11.3 Å². The third kappa shape index (κ3) is 4.06. The molecule has 0 radical (unpaired) electrons. The molecule has 0 bridgehead atoms. The summed E-state index contributed by atoms with van der Waals surface area (Å²) in [6.45, 7) is 6.29. The van der Waals surface area contributed by atoms with E-state index in [0.29, 0.717) is 11.8 Å². The predicted molar refractivity (Wildman–Crippen MR) is 112 cm³/mol. The highest BCUT2D eigenvalue weighted by Gasteiger charge is 2.25. The van der Waals surface area contributed by atoms with E-state index in [1.165, 1.54) is 21.6 Å². The molecule has 2 N–H and O–H groups in total. The Kier molecular flexibility index (Phi) is 5.37. The summed E-state index contributed by atoms with van der Waals surface area (Å²) in [6, 6.07) is 21.4. The standard InChI is InChI=1S/C23H23N3OS/c1-15-9-11-18(12-10-15)21(20-8-5-13-28-20)24-17(3)22-25-26-23(27-22)19-7-4-6-16(2)14-19/h4-14,17,21,24H,1-3H3/p+1/t17-,21-/m1/s1. The average molecular weight is 391 g/mol. The zero-order chi connectivity index (χ0) is 19.5. The molecule has 0 unspecified atom stereocenters. The van der Waals surface area contributed by atoms with Crippen molar-refractivity contribution in [2.75, 3.05) is 0 Å². The van der Waals surface area contributed by atoms with E-state index in [1.807, 2.05) is 12.1 Å². The van der Waals surface area contributed by atoms with Crippen molar-refractivity contribution < 1.29 is 9.73 Å². The Balaban J connectivity index is 1.58. The lowest BCUT2D eigenvalue weighted by Crippen LogP contribution is -2.85. The topological polar surface area (TPSA) is 55.5 Å². The largest absolute Gasteiger partial charge is 0.415 e. The summed E-state index contributed by atoms with van der Waals surface area (Å²) in [6.07, 6.45) is 0. The van der Waals surface area contributed by atoms with Crippen LogP contribution in [0.3, 0.4) is 0 Å². The lowest BCUT2D eigenvalue weighted by molar-refractivity contribution is -0.725. The van der Waals surface area contributed by atoms with Gasteiger partial charge >= 0.3 is 0 Å². The first kappa shape index (κ1) is 18.6. The Morgan fingerprint density at radius 2 is 1.75 bits per heavy atom. The van der Waals surface area contributed by atoms with Crippen molar-refractivity contribution in [1.29, 1.82) is 0 Å². The van der Waals surface area contributed by atoms with Crippen LogP contribution in [-0.4, -0.2) is 10.2 Å². The normalized spacial score (nSPS) is 13.4. The smallest absolute Gasteiger partial charge is 0.274 e. The first-order valence-electron chi connectivity index (χ1n) is 9.45. The Labute approximate surface area is 169 Å². The number of hydrogen-bond donors (Lipinski definition) is 1. The van der Waals surface area contributed by atoms with Gasteiger partial charge in [-0.3, -0.25) is 0 Å². The second-order valence-electron chi connectivity index (χ2n) is 7.20. The van der Waals surface area contributed by atoms with Gasteiger partial charge in [-0.15, -0.1) is 21.5 Å². The van der Waals surface area contributed by atoms with Gasteiger partial charge in [-0.1, -0.05) is 53.6 Å². The van der Waals surface area contributed by atoms with Crippen LogP contribution in [0.2, 0.25) is 0 Å². The maximum absolute atomic E-state index is 6.01. The second-order valence-corrected chi connectivity index (χ2v) is 8.18. The molecule has 2 atom stereocenters. The van der Waals surface area contributed by atoms with E-state index in [2.05, 4.69) is 90.2 Å². The highest BCUT2D eigenvalue weighted by atomic mass is 32.1. The van der Waals surface area contributed by atoms with Gasteiger partial charge < -0.3 is 9.73 Å². The van der Waals surface area contributed by atoms with Crippen molar-refractivity contribution in [3.05, 3.63) is 93.5 Å². The molecule has 5 heteroatoms. The van der Waals surface area contributed by atoms with Crippen LogP contribution in [0.15, 0.2) is 70.5 Å². The molecule has 2 aromatic carbocycles. The zero-order valence-electron chi connectivity index (χ0n) is 16.3. The van der Waals surface area contributed by atoms with Gasteiger partial charge in [0.15, 0.2) is 6.04 Å². The Bertz CT molecular complexity index is 1040. The van der Waals surface area contributed by atoms with E-state index >= 15 is 0 Å². The molecule has 0 spiro atoms. The molecule has 0 saturated carbocycles. The van der Waals surface area contributed by atoms with Gasteiger partial charge in [0.25, 0.3) is 5.89 Å². The molecule has 28 heavy (non-hydrogen) atoms. The van der Waals surface area contributed by atoms with Crippen LogP contribution in [0.25, 0.3) is 11.5 Å². The number of rotatable bonds is 6. The van der Waals surface area contributed by atoms with Crippen molar-refractivity contribution in [3.8, 4) is 11.5 Å². The molecule has 0 aliphatic carbocycles. The maximum Gasteiger partial charge on any atom is 0.274 e. The fourth-order valence-corrected chi connectivity index (χ4v) is 4.13. The van der Waals surface area contributed by atoms with Crippen LogP contribution in [-0.2, 0) is 0 Å². The SMILES string of the molecule is Cc1ccc([C@@H]([NH2+][C@H](C)c2nnc(-c3cccc(C)c3)o2)c2cccs2)cc1. The van der Waals surface area contributed by atoms with Gasteiger partial charge in [-0.05, 0) is 44.4 Å². The van der Waals surface area contributed by atoms with Crippen molar-refractivity contribution in [3.63, 3.8) is 0 Å². The monoisotopic (exact) mass is 390 g/mol. The Hall–Kier alpha value is -2.76. The quantitative estimate of drug-likeness (QED) is 0.513. The predicted octanol–water partition coefficient (Wildman–Crippen LogP) is 4.83. The molecule has 0 aliphatic rings. The van der Waals surface area contributed by atoms with Crippen molar-refractivity contribution >= 4 is 11.3 Å². The van der Waals surface area contributed by atoms with Gasteiger partial charge in [0.05, 0.1) is 4.88 Å². The molecule has 4 aromatic rings. The van der Waals surface area contributed by atoms with E-state index < -0.39 is 0 Å². The molecule has 0 saturated heterocycles. The molecular weight excluding hydrogens is 366 g/mol. The number of quaternary nitrogens is 1. The molecule has 142 valence electrons. The van der Waals surface area contributed by atoms with Gasteiger partial charge in [0, 0.05) is 11.1 Å². The Morgan fingerprint density at radius 3 is 2.46 bits per heavy atom. The summed E-state index contributed by atoms with van der Waals surface area (Å²) < 4.78 is 6.01. The highest BCUT2D eigenvalue weighted by molar-refractivity contribution is 7.10. The first-order chi connectivity index (χ1) is 13.6. The van der Waals surface area contributed by atoms with Crippen LogP contribution in [0.5, 0.6) is 0 Å². The van der Waals surface area contributed by atoms with E-state index in [0.717, 1.165) is 5.56 Å². The van der Waals surface area contributed by atoms with E-state index in [9.17, 15) is 0 Å². The molecule has 0 fully saturated rings. The second kappa shape index (κ2) is 8.09. The van der Waals surface area contributed by atoms with Crippen molar-refractivity contribution in [2.45, 2.75) is 32.9 Å². The molecular formula is C23H24N3OS+. The summed E-state index contributed by atoms with van der Waals surface area (Å²) in [5.41, 5.74) is 4.67. The first-order valence-corrected chi connectivity index (χ1v) is 10.3. The van der Waals surface area contributed by atoms with E-state index in [4.69, 9.17) is 4.42 Å². The van der Waals surface area contributed by atoms with E-state index in [-0.39, 0.29) is 12.1 Å². The summed E-state index contributed by atoms with van der Waals surface area (Å²) in [5, 5.41) is 13.0. The van der Waals surface area contributed by atoms with Crippen LogP contribution in [0.1, 0.15) is 46.5 Å². The lowest BCUT2D eigenvalue weighted by atomic mass is 10.0. The number of benzene rings is 2. The molecule has 4 rings (SSSR count). The molecule has 4 nitrogen and oxygen atoms in total. The molecule has 2 aromatic heterocycles. The van der Waals surface area contributed by atoms with Crippen molar-refractivity contribution in [2.24, 2.45) is 0 Å². The average Bonchev–Trinajstić information content (AvgIpc) is 3.39. The fourth-order valence-electron chi connectivity index (χ4n) is 3.30. The van der Waals surface area contributed by atoms with Gasteiger partial charge in [-0.25, -0.2) is 0 Å². The summed E-state index contributed by atoms with van der Waals surface area (Å²) in [4.78, 5) is 1.31. The number of aromatic nitrogens is 2. The minimum Gasteiger partial charge on any atom is -0.415 e. The zero-order valence-corrected chi connectivity index (χ0v) is 17.1. The van der Waals surface area contributed by atoms with Crippen LogP contribution >= 0.6 is 11.3 Å². The molecule has 0 amide bonds. The maximum atomic E-state index is 6.01. The minimum atomic E-state index is 0.0412.